The smallest absolute Gasteiger partial charge is 0.150 e. The minimum Gasteiger partial charge on any atom is -0.311 e. The molecule has 3 aromatic rings. The lowest BCUT2D eigenvalue weighted by Crippen LogP contribution is -2.10. The molecule has 0 aliphatic rings. The molecule has 0 unspecified atom stereocenters. The second-order valence-corrected chi connectivity index (χ2v) is 9.84. The molecule has 3 aromatic carbocycles. The summed E-state index contributed by atoms with van der Waals surface area (Å²) < 4.78 is 0. The minimum absolute atomic E-state index is 0.683. The maximum Gasteiger partial charge on any atom is 0.150 e. The number of unbranched alkanes of at least 4 members (excludes halogenated alkanes) is 6. The highest BCUT2D eigenvalue weighted by molar-refractivity contribution is 6.18. The van der Waals surface area contributed by atoms with E-state index in [1.807, 2.05) is 24.3 Å². The van der Waals surface area contributed by atoms with Crippen molar-refractivity contribution in [3.05, 3.63) is 89.5 Å². The lowest BCUT2D eigenvalue weighted by Gasteiger charge is -2.26. The van der Waals surface area contributed by atoms with Gasteiger partial charge in [0.05, 0.1) is 0 Å². The number of alkyl halides is 2. The molecule has 3 rings (SSSR count). The molecule has 0 aliphatic heterocycles. The fourth-order valence-electron chi connectivity index (χ4n) is 4.33. The van der Waals surface area contributed by atoms with Crippen LogP contribution in [0.15, 0.2) is 72.8 Å². The van der Waals surface area contributed by atoms with E-state index in [-0.39, 0.29) is 0 Å². The Morgan fingerprint density at radius 2 is 0.886 bits per heavy atom. The van der Waals surface area contributed by atoms with Crippen LogP contribution in [0.5, 0.6) is 0 Å². The average molecular weight is 511 g/mol. The van der Waals surface area contributed by atoms with E-state index in [4.69, 9.17) is 23.2 Å². The van der Waals surface area contributed by atoms with Gasteiger partial charge in [0.25, 0.3) is 0 Å². The lowest BCUT2D eigenvalue weighted by atomic mass is 10.0. The highest BCUT2D eigenvalue weighted by Crippen LogP contribution is 2.35. The zero-order valence-electron chi connectivity index (χ0n) is 20.6. The summed E-state index contributed by atoms with van der Waals surface area (Å²) >= 11 is 11.6. The van der Waals surface area contributed by atoms with E-state index in [9.17, 15) is 4.79 Å². The largest absolute Gasteiger partial charge is 0.311 e. The van der Waals surface area contributed by atoms with Crippen molar-refractivity contribution in [2.24, 2.45) is 0 Å². The van der Waals surface area contributed by atoms with Gasteiger partial charge in [0.2, 0.25) is 0 Å². The number of halogens is 2. The predicted molar refractivity (Wildman–Crippen MR) is 152 cm³/mol. The van der Waals surface area contributed by atoms with E-state index in [2.05, 4.69) is 53.4 Å². The number of carbonyl (C=O) groups excluding carboxylic acids is 1. The van der Waals surface area contributed by atoms with Gasteiger partial charge in [0.1, 0.15) is 6.29 Å². The summed E-state index contributed by atoms with van der Waals surface area (Å²) in [5.41, 5.74) is 6.67. The van der Waals surface area contributed by atoms with E-state index in [0.29, 0.717) is 5.56 Å². The summed E-state index contributed by atoms with van der Waals surface area (Å²) in [4.78, 5) is 13.4. The number of aryl methyl sites for hydroxylation is 2. The molecule has 4 heteroatoms. The van der Waals surface area contributed by atoms with E-state index in [1.165, 1.54) is 49.7 Å². The monoisotopic (exact) mass is 509 g/mol. The van der Waals surface area contributed by atoms with Crippen LogP contribution in [0.2, 0.25) is 0 Å². The van der Waals surface area contributed by atoms with Crippen molar-refractivity contribution in [2.45, 2.75) is 64.2 Å². The van der Waals surface area contributed by atoms with E-state index < -0.39 is 0 Å². The minimum atomic E-state index is 0.683. The van der Waals surface area contributed by atoms with Gasteiger partial charge >= 0.3 is 0 Å². The third-order valence-corrected chi connectivity index (χ3v) is 6.91. The van der Waals surface area contributed by atoms with Crippen molar-refractivity contribution in [3.8, 4) is 0 Å². The maximum absolute atomic E-state index is 11.2. The average Bonchev–Trinajstić information content (AvgIpc) is 2.91. The van der Waals surface area contributed by atoms with E-state index in [0.717, 1.165) is 60.8 Å². The summed E-state index contributed by atoms with van der Waals surface area (Å²) in [6, 6.07) is 25.5. The number of benzene rings is 3. The fraction of sp³-hybridized carbons (Fsp3) is 0.387. The molecule has 0 bridgehead atoms. The SMILES string of the molecule is O=Cc1ccc(N(c2ccc(CCCCCCCl)cc2)c2ccc(CCCCCCCl)cc2)cc1. The Hall–Kier alpha value is -2.29. The summed E-state index contributed by atoms with van der Waals surface area (Å²) in [5, 5.41) is 0. The van der Waals surface area contributed by atoms with Crippen LogP contribution in [-0.2, 0) is 12.8 Å². The van der Waals surface area contributed by atoms with Gasteiger partial charge in [-0.05, 0) is 98.2 Å². The zero-order chi connectivity index (χ0) is 24.7. The molecule has 0 aliphatic carbocycles. The van der Waals surface area contributed by atoms with Gasteiger partial charge in [-0.15, -0.1) is 23.2 Å². The number of anilines is 3. The first kappa shape index (κ1) is 27.3. The second kappa shape index (κ2) is 15.7. The summed E-state index contributed by atoms with van der Waals surface area (Å²) in [7, 11) is 0. The molecule has 0 saturated heterocycles. The van der Waals surface area contributed by atoms with E-state index in [1.54, 1.807) is 0 Å². The number of rotatable bonds is 16. The van der Waals surface area contributed by atoms with Crippen molar-refractivity contribution in [1.29, 1.82) is 0 Å². The molecule has 0 heterocycles. The molecule has 0 N–H and O–H groups in total. The number of hydrogen-bond donors (Lipinski definition) is 0. The molecule has 2 nitrogen and oxygen atoms in total. The number of aldehydes is 1. The van der Waals surface area contributed by atoms with Crippen molar-refractivity contribution in [3.63, 3.8) is 0 Å². The Kier molecular flexibility index (Phi) is 12.2. The van der Waals surface area contributed by atoms with Crippen molar-refractivity contribution in [2.75, 3.05) is 16.7 Å². The Balaban J connectivity index is 1.74. The van der Waals surface area contributed by atoms with Crippen LogP contribution in [0, 0.1) is 0 Å². The van der Waals surface area contributed by atoms with Gasteiger partial charge in [0.15, 0.2) is 0 Å². The van der Waals surface area contributed by atoms with Crippen LogP contribution in [-0.4, -0.2) is 18.0 Å². The van der Waals surface area contributed by atoms with Gasteiger partial charge in [-0.25, -0.2) is 0 Å². The first-order valence-electron chi connectivity index (χ1n) is 12.9. The quantitative estimate of drug-likeness (QED) is 0.109. The normalized spacial score (nSPS) is 10.9. The Morgan fingerprint density at radius 3 is 1.26 bits per heavy atom. The highest BCUT2D eigenvalue weighted by Gasteiger charge is 2.13. The maximum atomic E-state index is 11.2. The van der Waals surface area contributed by atoms with Gasteiger partial charge in [0, 0.05) is 34.4 Å². The van der Waals surface area contributed by atoms with Gasteiger partial charge in [-0.1, -0.05) is 49.9 Å². The Bertz CT molecular complexity index is 927. The Morgan fingerprint density at radius 1 is 0.514 bits per heavy atom. The number of hydrogen-bond acceptors (Lipinski definition) is 2. The van der Waals surface area contributed by atoms with Crippen molar-refractivity contribution < 1.29 is 4.79 Å². The molecule has 186 valence electrons. The van der Waals surface area contributed by atoms with Crippen LogP contribution in [0.3, 0.4) is 0 Å². The fourth-order valence-corrected chi connectivity index (χ4v) is 4.70. The van der Waals surface area contributed by atoms with Gasteiger partial charge in [-0.3, -0.25) is 4.79 Å². The van der Waals surface area contributed by atoms with Crippen LogP contribution >= 0.6 is 23.2 Å². The molecule has 0 radical (unpaired) electrons. The van der Waals surface area contributed by atoms with Crippen LogP contribution in [0.1, 0.15) is 72.9 Å². The number of carbonyl (C=O) groups is 1. The van der Waals surface area contributed by atoms with Crippen molar-refractivity contribution in [1.82, 2.24) is 0 Å². The summed E-state index contributed by atoms with van der Waals surface area (Å²) in [6.45, 7) is 0. The molecule has 0 spiro atoms. The zero-order valence-corrected chi connectivity index (χ0v) is 22.1. The van der Waals surface area contributed by atoms with E-state index >= 15 is 0 Å². The van der Waals surface area contributed by atoms with Crippen LogP contribution < -0.4 is 4.90 Å². The third kappa shape index (κ3) is 9.02. The Labute approximate surface area is 221 Å². The van der Waals surface area contributed by atoms with Crippen molar-refractivity contribution >= 4 is 46.6 Å². The highest BCUT2D eigenvalue weighted by atomic mass is 35.5. The second-order valence-electron chi connectivity index (χ2n) is 9.08. The topological polar surface area (TPSA) is 20.3 Å². The molecule has 35 heavy (non-hydrogen) atoms. The standard InChI is InChI=1S/C31H37Cl2NO/c32-23-7-3-1-5-9-26-11-17-29(18-12-26)34(31-21-15-28(25-35)16-22-31)30-19-13-27(14-20-30)10-6-2-4-8-24-33/h11-22,25H,1-10,23-24H2. The first-order chi connectivity index (χ1) is 17.2. The molecular formula is C31H37Cl2NO. The third-order valence-electron chi connectivity index (χ3n) is 6.37. The number of nitrogens with zero attached hydrogens (tertiary/aromatic N) is 1. The molecular weight excluding hydrogens is 473 g/mol. The summed E-state index contributed by atoms with van der Waals surface area (Å²) in [6.07, 6.45) is 12.5. The molecule has 0 aromatic heterocycles. The molecule has 0 atom stereocenters. The van der Waals surface area contributed by atoms with Gasteiger partial charge in [-0.2, -0.15) is 0 Å². The summed E-state index contributed by atoms with van der Waals surface area (Å²) in [5.74, 6) is 1.52. The molecule has 0 fully saturated rings. The van der Waals surface area contributed by atoms with Gasteiger partial charge < -0.3 is 4.90 Å². The lowest BCUT2D eigenvalue weighted by molar-refractivity contribution is 0.112. The molecule has 0 amide bonds. The van der Waals surface area contributed by atoms with Crippen LogP contribution in [0.25, 0.3) is 0 Å². The first-order valence-corrected chi connectivity index (χ1v) is 14.0. The molecule has 0 saturated carbocycles. The van der Waals surface area contributed by atoms with Crippen LogP contribution in [0.4, 0.5) is 17.1 Å². The predicted octanol–water partition coefficient (Wildman–Crippen LogP) is 9.65.